The average molecular weight is 872 g/mol. The Morgan fingerprint density at radius 3 is 2.08 bits per heavy atom. The molecule has 0 aromatic carbocycles. The highest BCUT2D eigenvalue weighted by Gasteiger charge is 2.72. The van der Waals surface area contributed by atoms with Gasteiger partial charge in [-0.25, -0.2) is 13.2 Å². The van der Waals surface area contributed by atoms with E-state index in [-0.39, 0.29) is 68.8 Å². The summed E-state index contributed by atoms with van der Waals surface area (Å²) in [5, 5.41) is 17.1. The molecule has 8 rings (SSSR count). The van der Waals surface area contributed by atoms with Crippen LogP contribution in [0.3, 0.4) is 0 Å². The van der Waals surface area contributed by atoms with E-state index >= 15 is 0 Å². The standard InChI is InChI=1S/C49H81N3O8S/c1-11-59-42(56)51-30(2)35(52-24-26-61(57,58)27-25-52)29-50-49-19-14-31(45(7)20-21-45)39(49)32-12-13-37-46(8)17-16-38(60-41(55)34-28-33(40(53)54)43(34,3)4)44(5,6)36(46)15-18-48(37,10)47(32,9)22-23-49/h30-39,50H,11-29H2,1-10H3,(H,51,56)(H,53,54)/t30?,31-,32-,33+,34-,35?,36+,37-,38+,39-,46+,47-,48-,49+/m1/s1. The molecule has 1 aliphatic heterocycles. The van der Waals surface area contributed by atoms with Gasteiger partial charge in [-0.05, 0) is 154 Å². The van der Waals surface area contributed by atoms with Crippen LogP contribution in [-0.2, 0) is 28.9 Å². The zero-order chi connectivity index (χ0) is 44.3. The number of nitrogens with one attached hydrogen (secondary N) is 2. The van der Waals surface area contributed by atoms with E-state index in [1.165, 1.54) is 51.4 Å². The number of fused-ring (bicyclic) bond motifs is 7. The molecule has 11 nitrogen and oxygen atoms in total. The Kier molecular flexibility index (Phi) is 11.5. The van der Waals surface area contributed by atoms with E-state index in [1.807, 2.05) is 27.7 Å². The molecule has 346 valence electrons. The Morgan fingerprint density at radius 1 is 0.770 bits per heavy atom. The largest absolute Gasteiger partial charge is 0.481 e. The molecule has 14 atom stereocenters. The van der Waals surface area contributed by atoms with Gasteiger partial charge >= 0.3 is 18.0 Å². The molecule has 1 heterocycles. The van der Waals surface area contributed by atoms with Gasteiger partial charge in [0.15, 0.2) is 9.84 Å². The molecular formula is C49H81N3O8S. The van der Waals surface area contributed by atoms with E-state index in [0.717, 1.165) is 25.7 Å². The van der Waals surface area contributed by atoms with E-state index in [0.29, 0.717) is 67.7 Å². The minimum atomic E-state index is -3.06. The van der Waals surface area contributed by atoms with Gasteiger partial charge in [-0.3, -0.25) is 14.5 Å². The molecule has 0 spiro atoms. The Hall–Kier alpha value is -1.92. The summed E-state index contributed by atoms with van der Waals surface area (Å²) in [5.74, 6) is 1.30. The van der Waals surface area contributed by atoms with Gasteiger partial charge in [0.25, 0.3) is 0 Å². The molecule has 0 aromatic heterocycles. The Morgan fingerprint density at radius 2 is 1.46 bits per heavy atom. The van der Waals surface area contributed by atoms with Crippen LogP contribution >= 0.6 is 0 Å². The van der Waals surface area contributed by atoms with Crippen molar-refractivity contribution in [3.8, 4) is 0 Å². The number of carboxylic acid groups (broad SMARTS) is 1. The number of nitrogens with zero attached hydrogens (tertiary/aromatic N) is 1. The number of sulfone groups is 1. The van der Waals surface area contributed by atoms with E-state index in [1.54, 1.807) is 0 Å². The number of alkyl carbamates (subject to hydrolysis) is 1. The van der Waals surface area contributed by atoms with Crippen molar-refractivity contribution in [2.75, 3.05) is 37.7 Å². The summed E-state index contributed by atoms with van der Waals surface area (Å²) >= 11 is 0. The number of carbonyl (C=O) groups excluding carboxylic acids is 2. The van der Waals surface area contributed by atoms with Gasteiger partial charge < -0.3 is 25.2 Å². The van der Waals surface area contributed by atoms with Crippen LogP contribution in [0.4, 0.5) is 4.79 Å². The summed E-state index contributed by atoms with van der Waals surface area (Å²) in [6, 6.07) is -0.265. The molecule has 8 aliphatic rings. The van der Waals surface area contributed by atoms with Gasteiger partial charge in [0.2, 0.25) is 0 Å². The minimum absolute atomic E-state index is 0.0118. The van der Waals surface area contributed by atoms with E-state index < -0.39 is 33.2 Å². The molecule has 61 heavy (non-hydrogen) atoms. The predicted molar refractivity (Wildman–Crippen MR) is 236 cm³/mol. The van der Waals surface area contributed by atoms with Crippen molar-refractivity contribution < 1.29 is 37.4 Å². The Balaban J connectivity index is 1.03. The van der Waals surface area contributed by atoms with Crippen LogP contribution in [0.2, 0.25) is 0 Å². The summed E-state index contributed by atoms with van der Waals surface area (Å²) in [7, 11) is -3.06. The van der Waals surface area contributed by atoms with Crippen molar-refractivity contribution in [2.24, 2.45) is 73.9 Å². The smallest absolute Gasteiger partial charge is 0.407 e. The van der Waals surface area contributed by atoms with Gasteiger partial charge in [-0.1, -0.05) is 55.4 Å². The van der Waals surface area contributed by atoms with Crippen LogP contribution in [0, 0.1) is 73.9 Å². The Bertz CT molecular complexity index is 1830. The lowest BCUT2D eigenvalue weighted by Gasteiger charge is -2.73. The maximum Gasteiger partial charge on any atom is 0.407 e. The van der Waals surface area contributed by atoms with Crippen LogP contribution in [-0.4, -0.2) is 97.9 Å². The zero-order valence-electron chi connectivity index (χ0n) is 39.4. The molecule has 1 saturated heterocycles. The molecule has 12 heteroatoms. The lowest BCUT2D eigenvalue weighted by molar-refractivity contribution is -0.250. The van der Waals surface area contributed by atoms with E-state index in [9.17, 15) is 27.9 Å². The second kappa shape index (κ2) is 15.3. The summed E-state index contributed by atoms with van der Waals surface area (Å²) in [6.07, 6.45) is 13.9. The number of carboxylic acids is 1. The fourth-order valence-electron chi connectivity index (χ4n) is 16.8. The fourth-order valence-corrected chi connectivity index (χ4v) is 18.1. The number of hydrogen-bond donors (Lipinski definition) is 3. The molecular weight excluding hydrogens is 791 g/mol. The van der Waals surface area contributed by atoms with E-state index in [4.69, 9.17) is 9.47 Å². The highest BCUT2D eigenvalue weighted by molar-refractivity contribution is 7.91. The summed E-state index contributed by atoms with van der Waals surface area (Å²) in [5.41, 5.74) is 0.148. The molecule has 3 N–H and O–H groups in total. The lowest BCUT2D eigenvalue weighted by atomic mass is 9.32. The van der Waals surface area contributed by atoms with Gasteiger partial charge in [0.1, 0.15) is 6.10 Å². The second-order valence-corrected chi connectivity index (χ2v) is 26.5. The van der Waals surface area contributed by atoms with Gasteiger partial charge in [0, 0.05) is 42.7 Å². The van der Waals surface area contributed by atoms with Crippen LogP contribution in [0.25, 0.3) is 0 Å². The third-order valence-electron chi connectivity index (χ3n) is 21.1. The van der Waals surface area contributed by atoms with Crippen molar-refractivity contribution in [1.29, 1.82) is 0 Å². The monoisotopic (exact) mass is 872 g/mol. The molecule has 1 amide bonds. The highest BCUT2D eigenvalue weighted by Crippen LogP contribution is 2.78. The first kappa shape index (κ1) is 45.6. The molecule has 7 saturated carbocycles. The molecule has 2 unspecified atom stereocenters. The maximum absolute atomic E-state index is 13.7. The lowest BCUT2D eigenvalue weighted by Crippen LogP contribution is -2.69. The second-order valence-electron chi connectivity index (χ2n) is 24.2. The third kappa shape index (κ3) is 7.22. The maximum atomic E-state index is 13.7. The summed E-state index contributed by atoms with van der Waals surface area (Å²) < 4.78 is 36.8. The van der Waals surface area contributed by atoms with Crippen LogP contribution < -0.4 is 10.6 Å². The van der Waals surface area contributed by atoms with Gasteiger partial charge in [-0.15, -0.1) is 0 Å². The number of carbonyl (C=O) groups is 3. The van der Waals surface area contributed by atoms with Crippen molar-refractivity contribution in [3.63, 3.8) is 0 Å². The first-order valence-corrected chi connectivity index (χ1v) is 26.3. The Labute approximate surface area is 367 Å². The highest BCUT2D eigenvalue weighted by atomic mass is 32.2. The van der Waals surface area contributed by atoms with Crippen molar-refractivity contribution in [2.45, 2.75) is 176 Å². The first-order chi connectivity index (χ1) is 28.4. The number of esters is 1. The third-order valence-corrected chi connectivity index (χ3v) is 22.7. The van der Waals surface area contributed by atoms with Gasteiger partial charge in [-0.2, -0.15) is 0 Å². The van der Waals surface area contributed by atoms with Crippen molar-refractivity contribution in [1.82, 2.24) is 15.5 Å². The molecule has 8 fully saturated rings. The molecule has 0 aromatic rings. The number of rotatable bonds is 11. The average Bonchev–Trinajstić information content (AvgIpc) is 3.79. The molecule has 0 bridgehead atoms. The van der Waals surface area contributed by atoms with Crippen LogP contribution in [0.1, 0.15) is 153 Å². The van der Waals surface area contributed by atoms with Crippen LogP contribution in [0.5, 0.6) is 0 Å². The number of amides is 1. The minimum Gasteiger partial charge on any atom is -0.481 e. The zero-order valence-corrected chi connectivity index (χ0v) is 40.2. The van der Waals surface area contributed by atoms with Crippen LogP contribution in [0.15, 0.2) is 0 Å². The van der Waals surface area contributed by atoms with E-state index in [2.05, 4.69) is 57.1 Å². The van der Waals surface area contributed by atoms with Crippen molar-refractivity contribution in [3.05, 3.63) is 0 Å². The SMILES string of the molecule is CCOC(=O)NC(C)C(CN[C@]12CC[C@@H](C3(C)CC3)[C@@H]1[C@H]1CC[C@@H]3[C@@]4(C)CC[C@H](OC(=O)[C@H]5C[C@@H](C(=O)O)C5(C)C)C(C)(C)[C@@H]4CC[C@@]3(C)[C@]1(C)CC2)N1CCS(=O)(=O)CC1. The summed E-state index contributed by atoms with van der Waals surface area (Å²) in [4.78, 5) is 40.6. The van der Waals surface area contributed by atoms with Crippen molar-refractivity contribution >= 4 is 27.9 Å². The number of aliphatic carboxylic acids is 1. The normalized spacial score (nSPS) is 45.0. The quantitative estimate of drug-likeness (QED) is 0.174. The summed E-state index contributed by atoms with van der Waals surface area (Å²) in [6.45, 7) is 24.9. The molecule has 0 radical (unpaired) electrons. The van der Waals surface area contributed by atoms with Gasteiger partial charge in [0.05, 0.1) is 29.9 Å². The number of hydrogen-bond acceptors (Lipinski definition) is 9. The fraction of sp³-hybridized carbons (Fsp3) is 0.939. The molecule has 7 aliphatic carbocycles. The predicted octanol–water partition coefficient (Wildman–Crippen LogP) is 8.10. The number of ether oxygens (including phenoxy) is 2. The first-order valence-electron chi connectivity index (χ1n) is 24.5. The topological polar surface area (TPSA) is 151 Å².